The van der Waals surface area contributed by atoms with Crippen molar-refractivity contribution in [1.82, 2.24) is 0 Å². The first kappa shape index (κ1) is 15.1. The van der Waals surface area contributed by atoms with Gasteiger partial charge in [0.1, 0.15) is 17.1 Å². The highest BCUT2D eigenvalue weighted by molar-refractivity contribution is 6.02. The molecule has 0 aliphatic rings. The lowest BCUT2D eigenvalue weighted by molar-refractivity contribution is 0.0981. The number of ether oxygens (including phenoxy) is 1. The van der Waals surface area contributed by atoms with Crippen LogP contribution in [0.25, 0.3) is 11.0 Å². The first-order valence-electron chi connectivity index (χ1n) is 7.18. The molecular weight excluding hydrogens is 297 g/mol. The van der Waals surface area contributed by atoms with Crippen LogP contribution < -0.4 is 10.1 Å². The van der Waals surface area contributed by atoms with E-state index in [1.165, 1.54) is 18.2 Å². The van der Waals surface area contributed by atoms with E-state index in [1.54, 1.807) is 14.0 Å². The van der Waals surface area contributed by atoms with E-state index >= 15 is 0 Å². The zero-order chi connectivity index (χ0) is 16.4. The molecule has 2 aromatic carbocycles. The molecule has 118 valence electrons. The van der Waals surface area contributed by atoms with Gasteiger partial charge in [-0.1, -0.05) is 0 Å². The number of carbonyl (C=O) groups excluding carboxylic acids is 1. The van der Waals surface area contributed by atoms with E-state index < -0.39 is 0 Å². The minimum absolute atomic E-state index is 0.0927. The molecule has 3 aromatic rings. The smallest absolute Gasteiger partial charge is 0.217 e. The van der Waals surface area contributed by atoms with Crippen molar-refractivity contribution < 1.29 is 18.3 Å². The number of furan rings is 1. The second-order valence-electron chi connectivity index (χ2n) is 5.20. The summed E-state index contributed by atoms with van der Waals surface area (Å²) in [6.07, 6.45) is 0. The summed E-state index contributed by atoms with van der Waals surface area (Å²) in [7, 11) is 1.60. The number of nitrogens with one attached hydrogen (secondary N) is 1. The molecule has 0 spiro atoms. The maximum atomic E-state index is 13.3. The molecule has 0 saturated heterocycles. The van der Waals surface area contributed by atoms with Crippen molar-refractivity contribution in [3.8, 4) is 5.75 Å². The number of ketones is 1. The molecule has 0 amide bonds. The standard InChI is InChI=1S/C18H16FNO3/c1-11-15-9-12(19)3-8-17(15)23-18(11)16(21)10-20-13-4-6-14(22-2)7-5-13/h3-9,20H,10H2,1-2H3. The second kappa shape index (κ2) is 6.12. The number of rotatable bonds is 5. The molecule has 0 unspecified atom stereocenters. The predicted molar refractivity (Wildman–Crippen MR) is 86.7 cm³/mol. The quantitative estimate of drug-likeness (QED) is 0.718. The molecule has 3 rings (SSSR count). The van der Waals surface area contributed by atoms with Crippen molar-refractivity contribution in [3.05, 3.63) is 59.6 Å². The summed E-state index contributed by atoms with van der Waals surface area (Å²) in [6, 6.07) is 11.5. The Morgan fingerprint density at radius 2 is 1.96 bits per heavy atom. The lowest BCUT2D eigenvalue weighted by Crippen LogP contribution is -2.14. The van der Waals surface area contributed by atoms with Gasteiger partial charge in [0.15, 0.2) is 5.76 Å². The summed E-state index contributed by atoms with van der Waals surface area (Å²) in [4.78, 5) is 12.3. The number of Topliss-reactive ketones (excluding diaryl/α,β-unsaturated/α-hetero) is 1. The summed E-state index contributed by atoms with van der Waals surface area (Å²) in [5, 5.41) is 3.66. The van der Waals surface area contributed by atoms with Crippen LogP contribution in [0.5, 0.6) is 5.75 Å². The van der Waals surface area contributed by atoms with Gasteiger partial charge in [-0.3, -0.25) is 4.79 Å². The molecule has 0 aliphatic heterocycles. The SMILES string of the molecule is COc1ccc(NCC(=O)c2oc3ccc(F)cc3c2C)cc1. The Morgan fingerprint density at radius 3 is 2.65 bits per heavy atom. The van der Waals surface area contributed by atoms with Crippen LogP contribution in [0.3, 0.4) is 0 Å². The van der Waals surface area contributed by atoms with Gasteiger partial charge in [0.05, 0.1) is 13.7 Å². The minimum Gasteiger partial charge on any atom is -0.497 e. The molecule has 0 atom stereocenters. The van der Waals surface area contributed by atoms with Gasteiger partial charge in [-0.2, -0.15) is 0 Å². The number of methoxy groups -OCH3 is 1. The van der Waals surface area contributed by atoms with Gasteiger partial charge < -0.3 is 14.5 Å². The Balaban J connectivity index is 1.76. The molecule has 0 saturated carbocycles. The maximum absolute atomic E-state index is 13.3. The third kappa shape index (κ3) is 3.04. The van der Waals surface area contributed by atoms with E-state index in [1.807, 2.05) is 24.3 Å². The van der Waals surface area contributed by atoms with E-state index in [2.05, 4.69) is 5.32 Å². The summed E-state index contributed by atoms with van der Waals surface area (Å²) < 4.78 is 24.0. The van der Waals surface area contributed by atoms with Gasteiger partial charge in [-0.25, -0.2) is 4.39 Å². The molecule has 23 heavy (non-hydrogen) atoms. The van der Waals surface area contributed by atoms with E-state index in [0.717, 1.165) is 11.4 Å². The number of hydrogen-bond acceptors (Lipinski definition) is 4. The topological polar surface area (TPSA) is 51.5 Å². The fourth-order valence-electron chi connectivity index (χ4n) is 2.43. The first-order valence-corrected chi connectivity index (χ1v) is 7.18. The number of halogens is 1. The van der Waals surface area contributed by atoms with E-state index in [0.29, 0.717) is 16.5 Å². The monoisotopic (exact) mass is 313 g/mol. The third-order valence-electron chi connectivity index (χ3n) is 3.69. The fourth-order valence-corrected chi connectivity index (χ4v) is 2.43. The number of carbonyl (C=O) groups is 1. The van der Waals surface area contributed by atoms with Crippen LogP contribution in [0.4, 0.5) is 10.1 Å². The maximum Gasteiger partial charge on any atom is 0.217 e. The number of hydrogen-bond donors (Lipinski definition) is 1. The lowest BCUT2D eigenvalue weighted by Gasteiger charge is -2.06. The van der Waals surface area contributed by atoms with Crippen molar-refractivity contribution in [1.29, 1.82) is 0 Å². The highest BCUT2D eigenvalue weighted by atomic mass is 19.1. The second-order valence-corrected chi connectivity index (χ2v) is 5.20. The molecule has 1 aromatic heterocycles. The Bertz CT molecular complexity index is 853. The van der Waals surface area contributed by atoms with Gasteiger partial charge >= 0.3 is 0 Å². The van der Waals surface area contributed by atoms with Crippen LogP contribution in [-0.2, 0) is 0 Å². The van der Waals surface area contributed by atoms with Gasteiger partial charge in [0.25, 0.3) is 0 Å². The fraction of sp³-hybridized carbons (Fsp3) is 0.167. The molecule has 1 heterocycles. The summed E-state index contributed by atoms with van der Waals surface area (Å²) >= 11 is 0. The highest BCUT2D eigenvalue weighted by Crippen LogP contribution is 2.26. The van der Waals surface area contributed by atoms with E-state index in [4.69, 9.17) is 9.15 Å². The molecule has 1 N–H and O–H groups in total. The van der Waals surface area contributed by atoms with Crippen molar-refractivity contribution in [3.63, 3.8) is 0 Å². The van der Waals surface area contributed by atoms with E-state index in [-0.39, 0.29) is 23.9 Å². The number of anilines is 1. The van der Waals surface area contributed by atoms with Crippen LogP contribution in [0, 0.1) is 12.7 Å². The molecule has 0 aliphatic carbocycles. The Labute approximate surface area is 132 Å². The Hall–Kier alpha value is -2.82. The molecule has 0 bridgehead atoms. The Kier molecular flexibility index (Phi) is 4.02. The van der Waals surface area contributed by atoms with Crippen molar-refractivity contribution in [2.75, 3.05) is 19.0 Å². The van der Waals surface area contributed by atoms with Gasteiger partial charge in [0.2, 0.25) is 5.78 Å². The van der Waals surface area contributed by atoms with Gasteiger partial charge in [0, 0.05) is 16.6 Å². The average Bonchev–Trinajstić information content (AvgIpc) is 2.90. The lowest BCUT2D eigenvalue weighted by atomic mass is 10.1. The molecule has 5 heteroatoms. The predicted octanol–water partition coefficient (Wildman–Crippen LogP) is 4.18. The number of benzene rings is 2. The number of fused-ring (bicyclic) bond motifs is 1. The van der Waals surface area contributed by atoms with Gasteiger partial charge in [-0.05, 0) is 49.4 Å². The third-order valence-corrected chi connectivity index (χ3v) is 3.69. The van der Waals surface area contributed by atoms with Crippen molar-refractivity contribution in [2.45, 2.75) is 6.92 Å². The zero-order valence-electron chi connectivity index (χ0n) is 12.9. The average molecular weight is 313 g/mol. The van der Waals surface area contributed by atoms with Gasteiger partial charge in [-0.15, -0.1) is 0 Å². The van der Waals surface area contributed by atoms with Crippen LogP contribution in [0.1, 0.15) is 16.1 Å². The van der Waals surface area contributed by atoms with Crippen LogP contribution in [0.15, 0.2) is 46.9 Å². The summed E-state index contributed by atoms with van der Waals surface area (Å²) in [6.45, 7) is 1.85. The van der Waals surface area contributed by atoms with Crippen LogP contribution in [0.2, 0.25) is 0 Å². The molecular formula is C18H16FNO3. The molecule has 4 nitrogen and oxygen atoms in total. The van der Waals surface area contributed by atoms with Crippen molar-refractivity contribution in [2.24, 2.45) is 0 Å². The highest BCUT2D eigenvalue weighted by Gasteiger charge is 2.17. The number of aryl methyl sites for hydroxylation is 1. The van der Waals surface area contributed by atoms with Crippen LogP contribution >= 0.6 is 0 Å². The van der Waals surface area contributed by atoms with Crippen LogP contribution in [-0.4, -0.2) is 19.4 Å². The zero-order valence-corrected chi connectivity index (χ0v) is 12.9. The largest absolute Gasteiger partial charge is 0.497 e. The summed E-state index contributed by atoms with van der Waals surface area (Å²) in [5.41, 5.74) is 1.97. The van der Waals surface area contributed by atoms with Crippen molar-refractivity contribution >= 4 is 22.4 Å². The molecule has 0 radical (unpaired) electrons. The first-order chi connectivity index (χ1) is 11.1. The van der Waals surface area contributed by atoms with E-state index in [9.17, 15) is 9.18 Å². The normalized spacial score (nSPS) is 10.7. The summed E-state index contributed by atoms with van der Waals surface area (Å²) in [5.74, 6) is 0.468. The Morgan fingerprint density at radius 1 is 1.22 bits per heavy atom. The molecule has 0 fully saturated rings. The minimum atomic E-state index is -0.350.